The van der Waals surface area contributed by atoms with Crippen molar-refractivity contribution >= 4 is 39.1 Å². The van der Waals surface area contributed by atoms with E-state index in [1.165, 1.54) is 9.87 Å². The third-order valence-corrected chi connectivity index (χ3v) is 9.19. The fraction of sp³-hybridized carbons (Fsp3) is 0.321. The molecule has 8 heteroatoms. The molecule has 0 spiro atoms. The number of aryl methyl sites for hydroxylation is 1. The van der Waals surface area contributed by atoms with Gasteiger partial charge in [0.15, 0.2) is 0 Å². The van der Waals surface area contributed by atoms with E-state index >= 15 is 0 Å². The lowest BCUT2D eigenvalue weighted by atomic mass is 9.90. The molecule has 1 amide bonds. The third-order valence-electron chi connectivity index (χ3n) is 6.65. The predicted molar refractivity (Wildman–Crippen MR) is 145 cm³/mol. The zero-order valence-electron chi connectivity index (χ0n) is 20.2. The van der Waals surface area contributed by atoms with Crippen molar-refractivity contribution in [3.05, 3.63) is 99.5 Å². The van der Waals surface area contributed by atoms with Crippen LogP contribution in [0.1, 0.15) is 29.5 Å². The second-order valence-electron chi connectivity index (χ2n) is 9.35. The Morgan fingerprint density at radius 3 is 2.22 bits per heavy atom. The van der Waals surface area contributed by atoms with Gasteiger partial charge in [-0.15, -0.1) is 0 Å². The summed E-state index contributed by atoms with van der Waals surface area (Å²) in [6, 6.07) is 22.0. The maximum Gasteiger partial charge on any atom is 0.243 e. The van der Waals surface area contributed by atoms with Crippen LogP contribution < -0.4 is 0 Å². The summed E-state index contributed by atoms with van der Waals surface area (Å²) in [5, 5.41) is 0.733. The summed E-state index contributed by atoms with van der Waals surface area (Å²) in [4.78, 5) is 15.2. The third kappa shape index (κ3) is 6.68. The van der Waals surface area contributed by atoms with E-state index in [2.05, 4.69) is 12.1 Å². The highest BCUT2D eigenvalue weighted by atomic mass is 35.5. The molecule has 0 atom stereocenters. The number of likely N-dealkylation sites (tertiary alicyclic amines) is 1. The molecule has 0 radical (unpaired) electrons. The SMILES string of the molecule is Cc1ccc(S(=O)(=O)N(CC(=O)N2CCC(Cc3ccccc3)CC2)Cc2ccc(Cl)c(Cl)c2)cc1. The molecule has 4 rings (SSSR count). The van der Waals surface area contributed by atoms with Crippen LogP contribution in [0.4, 0.5) is 0 Å². The smallest absolute Gasteiger partial charge is 0.243 e. The Balaban J connectivity index is 1.48. The predicted octanol–water partition coefficient (Wildman–Crippen LogP) is 5.97. The van der Waals surface area contributed by atoms with Crippen LogP contribution in [-0.2, 0) is 27.8 Å². The van der Waals surface area contributed by atoms with Gasteiger partial charge in [-0.25, -0.2) is 8.42 Å². The van der Waals surface area contributed by atoms with Gasteiger partial charge in [-0.1, -0.05) is 77.3 Å². The topological polar surface area (TPSA) is 57.7 Å². The summed E-state index contributed by atoms with van der Waals surface area (Å²) in [5.41, 5.74) is 2.92. The number of benzene rings is 3. The molecule has 0 unspecified atom stereocenters. The lowest BCUT2D eigenvalue weighted by molar-refractivity contribution is -0.132. The number of rotatable bonds is 8. The number of piperidine rings is 1. The average Bonchev–Trinajstić information content (AvgIpc) is 2.87. The van der Waals surface area contributed by atoms with Gasteiger partial charge in [0.25, 0.3) is 0 Å². The zero-order valence-corrected chi connectivity index (χ0v) is 22.6. The second-order valence-corrected chi connectivity index (χ2v) is 12.1. The van der Waals surface area contributed by atoms with Gasteiger partial charge in [-0.3, -0.25) is 4.79 Å². The van der Waals surface area contributed by atoms with Crippen LogP contribution in [0.2, 0.25) is 10.0 Å². The average molecular weight is 546 g/mol. The van der Waals surface area contributed by atoms with Crippen LogP contribution in [0.15, 0.2) is 77.7 Å². The van der Waals surface area contributed by atoms with E-state index in [9.17, 15) is 13.2 Å². The van der Waals surface area contributed by atoms with Crippen molar-refractivity contribution < 1.29 is 13.2 Å². The minimum absolute atomic E-state index is 0.0172. The van der Waals surface area contributed by atoms with Gasteiger partial charge < -0.3 is 4.90 Å². The molecule has 1 aliphatic heterocycles. The van der Waals surface area contributed by atoms with Crippen molar-refractivity contribution in [1.82, 2.24) is 9.21 Å². The van der Waals surface area contributed by atoms with Crippen molar-refractivity contribution in [2.45, 2.75) is 37.6 Å². The molecule has 5 nitrogen and oxygen atoms in total. The summed E-state index contributed by atoms with van der Waals surface area (Å²) in [6.07, 6.45) is 2.80. The Kier molecular flexibility index (Phi) is 8.73. The normalized spacial score (nSPS) is 14.8. The minimum Gasteiger partial charge on any atom is -0.342 e. The molecule has 0 aliphatic carbocycles. The van der Waals surface area contributed by atoms with Crippen molar-refractivity contribution in [1.29, 1.82) is 0 Å². The lowest BCUT2D eigenvalue weighted by Crippen LogP contribution is -2.45. The van der Waals surface area contributed by atoms with Crippen LogP contribution in [0.25, 0.3) is 0 Å². The van der Waals surface area contributed by atoms with E-state index in [4.69, 9.17) is 23.2 Å². The highest BCUT2D eigenvalue weighted by Crippen LogP contribution is 2.26. The van der Waals surface area contributed by atoms with Crippen molar-refractivity contribution in [3.63, 3.8) is 0 Å². The number of carbonyl (C=O) groups excluding carboxylic acids is 1. The highest BCUT2D eigenvalue weighted by molar-refractivity contribution is 7.89. The van der Waals surface area contributed by atoms with E-state index in [1.54, 1.807) is 47.4 Å². The molecule has 0 N–H and O–H groups in total. The van der Waals surface area contributed by atoms with E-state index in [1.807, 2.05) is 25.1 Å². The number of amides is 1. The molecule has 0 saturated carbocycles. The Morgan fingerprint density at radius 1 is 0.917 bits per heavy atom. The Labute approximate surface area is 223 Å². The monoisotopic (exact) mass is 544 g/mol. The van der Waals surface area contributed by atoms with Crippen molar-refractivity contribution in [2.24, 2.45) is 5.92 Å². The molecule has 36 heavy (non-hydrogen) atoms. The molecule has 190 valence electrons. The molecule has 3 aromatic rings. The Hall–Kier alpha value is -2.38. The summed E-state index contributed by atoms with van der Waals surface area (Å²) in [7, 11) is -3.91. The van der Waals surface area contributed by atoms with Gasteiger partial charge in [0, 0.05) is 19.6 Å². The Bertz CT molecular complexity index is 1290. The van der Waals surface area contributed by atoms with Crippen LogP contribution in [0, 0.1) is 12.8 Å². The zero-order chi connectivity index (χ0) is 25.7. The number of hydrogen-bond donors (Lipinski definition) is 0. The molecular formula is C28H30Cl2N2O3S. The number of halogens is 2. The molecule has 3 aromatic carbocycles. The summed E-state index contributed by atoms with van der Waals surface area (Å²) in [5.74, 6) is 0.323. The van der Waals surface area contributed by atoms with Gasteiger partial charge in [0.2, 0.25) is 15.9 Å². The fourth-order valence-corrected chi connectivity index (χ4v) is 6.21. The molecule has 0 aromatic heterocycles. The number of carbonyl (C=O) groups is 1. The summed E-state index contributed by atoms with van der Waals surface area (Å²) < 4.78 is 28.4. The maximum atomic E-state index is 13.6. The molecule has 1 heterocycles. The lowest BCUT2D eigenvalue weighted by Gasteiger charge is -2.33. The summed E-state index contributed by atoms with van der Waals surface area (Å²) >= 11 is 12.2. The van der Waals surface area contributed by atoms with Crippen LogP contribution in [-0.4, -0.2) is 43.2 Å². The van der Waals surface area contributed by atoms with E-state index in [-0.39, 0.29) is 23.9 Å². The highest BCUT2D eigenvalue weighted by Gasteiger charge is 2.30. The van der Waals surface area contributed by atoms with Crippen molar-refractivity contribution in [3.8, 4) is 0 Å². The van der Waals surface area contributed by atoms with Crippen LogP contribution in [0.5, 0.6) is 0 Å². The number of nitrogens with zero attached hydrogens (tertiary/aromatic N) is 2. The largest absolute Gasteiger partial charge is 0.342 e. The standard InChI is InChI=1S/C28H30Cl2N2O3S/c1-21-7-10-25(11-8-21)36(34,35)32(19-24-9-12-26(29)27(30)18-24)20-28(33)31-15-13-23(14-16-31)17-22-5-3-2-4-6-22/h2-12,18,23H,13-17,19-20H2,1H3. The van der Waals surface area contributed by atoms with Gasteiger partial charge in [0.1, 0.15) is 0 Å². The van der Waals surface area contributed by atoms with E-state index in [0.717, 1.165) is 24.8 Å². The first-order valence-corrected chi connectivity index (χ1v) is 14.2. The van der Waals surface area contributed by atoms with Gasteiger partial charge in [0.05, 0.1) is 21.5 Å². The minimum atomic E-state index is -3.91. The van der Waals surface area contributed by atoms with Crippen LogP contribution in [0.3, 0.4) is 0 Å². The fourth-order valence-electron chi connectivity index (χ4n) is 4.51. The number of hydrogen-bond acceptors (Lipinski definition) is 3. The van der Waals surface area contributed by atoms with Gasteiger partial charge in [-0.05, 0) is 67.5 Å². The second kappa shape index (κ2) is 11.8. The molecule has 1 fully saturated rings. The van der Waals surface area contributed by atoms with E-state index < -0.39 is 10.0 Å². The van der Waals surface area contributed by atoms with E-state index in [0.29, 0.717) is 34.6 Å². The molecule has 1 saturated heterocycles. The molecule has 0 bridgehead atoms. The number of sulfonamides is 1. The first kappa shape index (κ1) is 26.7. The van der Waals surface area contributed by atoms with Gasteiger partial charge in [-0.2, -0.15) is 4.31 Å². The maximum absolute atomic E-state index is 13.6. The Morgan fingerprint density at radius 2 is 1.58 bits per heavy atom. The quantitative estimate of drug-likeness (QED) is 0.350. The molecular weight excluding hydrogens is 515 g/mol. The summed E-state index contributed by atoms with van der Waals surface area (Å²) in [6.45, 7) is 2.93. The van der Waals surface area contributed by atoms with Crippen molar-refractivity contribution in [2.75, 3.05) is 19.6 Å². The molecule has 1 aliphatic rings. The van der Waals surface area contributed by atoms with Gasteiger partial charge >= 0.3 is 0 Å². The first-order valence-electron chi connectivity index (χ1n) is 12.0. The first-order chi connectivity index (χ1) is 17.2. The van der Waals surface area contributed by atoms with Crippen LogP contribution >= 0.6 is 23.2 Å².